The number of hydrogen-bond acceptors (Lipinski definition) is 4. The first-order valence-corrected chi connectivity index (χ1v) is 7.54. The lowest BCUT2D eigenvalue weighted by Crippen LogP contribution is -1.99. The van der Waals surface area contributed by atoms with E-state index in [1.54, 1.807) is 19.3 Å². The highest BCUT2D eigenvalue weighted by Gasteiger charge is 2.09. The summed E-state index contributed by atoms with van der Waals surface area (Å²) in [6, 6.07) is 8.17. The maximum atomic E-state index is 10.1. The predicted octanol–water partition coefficient (Wildman–Crippen LogP) is 2.73. The van der Waals surface area contributed by atoms with Gasteiger partial charge in [-0.3, -0.25) is 9.98 Å². The summed E-state index contributed by atoms with van der Waals surface area (Å²) in [5, 5.41) is 20.6. The molecule has 0 atom stereocenters. The van der Waals surface area contributed by atoms with E-state index in [0.717, 1.165) is 11.9 Å². The number of aromatic hydroxyl groups is 1. The number of aliphatic imine (C=N–C) groups is 1. The second-order valence-electron chi connectivity index (χ2n) is 5.43. The summed E-state index contributed by atoms with van der Waals surface area (Å²) in [6.07, 6.45) is 5.99. The molecule has 0 aliphatic heterocycles. The van der Waals surface area contributed by atoms with Crippen molar-refractivity contribution < 1.29 is 10.2 Å². The fraction of sp³-hybridized carbons (Fsp3) is 0.222. The van der Waals surface area contributed by atoms with Gasteiger partial charge in [0.15, 0.2) is 0 Å². The molecule has 0 radical (unpaired) electrons. The second kappa shape index (κ2) is 6.62. The van der Waals surface area contributed by atoms with Crippen LogP contribution in [0.3, 0.4) is 0 Å². The number of hydrogen-bond donors (Lipinski definition) is 3. The molecule has 2 aromatic heterocycles. The van der Waals surface area contributed by atoms with Crippen molar-refractivity contribution >= 4 is 17.1 Å². The molecule has 0 saturated heterocycles. The number of H-pyrrole nitrogens is 1. The molecule has 5 heteroatoms. The molecule has 23 heavy (non-hydrogen) atoms. The first-order chi connectivity index (χ1) is 11.2. The summed E-state index contributed by atoms with van der Waals surface area (Å²) in [7, 11) is 0. The highest BCUT2D eigenvalue weighted by molar-refractivity contribution is 5.86. The number of aryl methyl sites for hydroxylation is 1. The van der Waals surface area contributed by atoms with Crippen molar-refractivity contribution in [1.29, 1.82) is 0 Å². The average molecular weight is 309 g/mol. The highest BCUT2D eigenvalue weighted by atomic mass is 16.3. The van der Waals surface area contributed by atoms with Gasteiger partial charge in [0.1, 0.15) is 5.75 Å². The van der Waals surface area contributed by atoms with E-state index in [0.29, 0.717) is 23.4 Å². The Bertz CT molecular complexity index is 853. The van der Waals surface area contributed by atoms with E-state index in [2.05, 4.69) is 21.0 Å². The van der Waals surface area contributed by atoms with Crippen LogP contribution < -0.4 is 0 Å². The number of aromatic nitrogens is 2. The third kappa shape index (κ3) is 3.10. The van der Waals surface area contributed by atoms with Crippen LogP contribution in [0.1, 0.15) is 22.4 Å². The monoisotopic (exact) mass is 309 g/mol. The number of para-hydroxylation sites is 1. The van der Waals surface area contributed by atoms with Gasteiger partial charge in [-0.15, -0.1) is 0 Å². The lowest BCUT2D eigenvalue weighted by molar-refractivity contribution is 0.280. The summed E-state index contributed by atoms with van der Waals surface area (Å²) in [4.78, 5) is 11.7. The van der Waals surface area contributed by atoms with E-state index < -0.39 is 0 Å². The Morgan fingerprint density at radius 1 is 1.26 bits per heavy atom. The molecule has 3 aromatic rings. The van der Waals surface area contributed by atoms with Gasteiger partial charge in [0.05, 0.1) is 12.3 Å². The van der Waals surface area contributed by atoms with Gasteiger partial charge in [0.25, 0.3) is 0 Å². The standard InChI is InChI=1S/C18H19N3O2/c1-12-18(23)16(14(11-22)9-20-12)10-19-7-6-13-8-21-17-5-3-2-4-15(13)17/h2-5,8-10,21-23H,6-7,11H2,1H3. The van der Waals surface area contributed by atoms with Crippen LogP contribution in [-0.2, 0) is 13.0 Å². The molecule has 118 valence electrons. The van der Waals surface area contributed by atoms with Crippen molar-refractivity contribution in [3.05, 3.63) is 59.0 Å². The third-order valence-corrected chi connectivity index (χ3v) is 3.93. The summed E-state index contributed by atoms with van der Waals surface area (Å²) in [5.74, 6) is 0.0763. The van der Waals surface area contributed by atoms with Gasteiger partial charge in [-0.1, -0.05) is 18.2 Å². The minimum absolute atomic E-state index is 0.0763. The van der Waals surface area contributed by atoms with Crippen LogP contribution in [0, 0.1) is 6.92 Å². The molecular formula is C18H19N3O2. The van der Waals surface area contributed by atoms with Gasteiger partial charge in [0, 0.05) is 47.2 Å². The zero-order chi connectivity index (χ0) is 16.2. The quantitative estimate of drug-likeness (QED) is 0.634. The molecule has 3 N–H and O–H groups in total. The van der Waals surface area contributed by atoms with Crippen molar-refractivity contribution in [2.75, 3.05) is 6.54 Å². The number of pyridine rings is 1. The van der Waals surface area contributed by atoms with Gasteiger partial charge in [-0.05, 0) is 25.0 Å². The van der Waals surface area contributed by atoms with Gasteiger partial charge in [0.2, 0.25) is 0 Å². The number of fused-ring (bicyclic) bond motifs is 1. The largest absolute Gasteiger partial charge is 0.505 e. The molecule has 3 rings (SSSR count). The van der Waals surface area contributed by atoms with Crippen molar-refractivity contribution in [1.82, 2.24) is 9.97 Å². The normalized spacial score (nSPS) is 11.6. The van der Waals surface area contributed by atoms with E-state index in [4.69, 9.17) is 0 Å². The maximum absolute atomic E-state index is 10.1. The van der Waals surface area contributed by atoms with E-state index in [-0.39, 0.29) is 12.4 Å². The smallest absolute Gasteiger partial charge is 0.145 e. The van der Waals surface area contributed by atoms with E-state index in [1.807, 2.05) is 24.4 Å². The van der Waals surface area contributed by atoms with Crippen molar-refractivity contribution in [2.24, 2.45) is 4.99 Å². The highest BCUT2D eigenvalue weighted by Crippen LogP contribution is 2.22. The van der Waals surface area contributed by atoms with Gasteiger partial charge in [-0.2, -0.15) is 0 Å². The Hall–Kier alpha value is -2.66. The average Bonchev–Trinajstić information content (AvgIpc) is 2.98. The van der Waals surface area contributed by atoms with E-state index >= 15 is 0 Å². The second-order valence-corrected chi connectivity index (χ2v) is 5.43. The molecule has 0 saturated carbocycles. The van der Waals surface area contributed by atoms with Crippen molar-refractivity contribution in [3.8, 4) is 5.75 Å². The molecule has 2 heterocycles. The van der Waals surface area contributed by atoms with E-state index in [1.165, 1.54) is 10.9 Å². The third-order valence-electron chi connectivity index (χ3n) is 3.93. The van der Waals surface area contributed by atoms with Crippen molar-refractivity contribution in [2.45, 2.75) is 20.0 Å². The number of nitrogens with one attached hydrogen (secondary N) is 1. The Kier molecular flexibility index (Phi) is 4.39. The minimum Gasteiger partial charge on any atom is -0.505 e. The molecule has 0 aliphatic carbocycles. The Morgan fingerprint density at radius 2 is 2.09 bits per heavy atom. The maximum Gasteiger partial charge on any atom is 0.145 e. The number of aromatic amines is 1. The fourth-order valence-electron chi connectivity index (χ4n) is 2.60. The number of aliphatic hydroxyl groups is 1. The zero-order valence-corrected chi connectivity index (χ0v) is 13.0. The Morgan fingerprint density at radius 3 is 2.91 bits per heavy atom. The summed E-state index contributed by atoms with van der Waals surface area (Å²) < 4.78 is 0. The van der Waals surface area contributed by atoms with Gasteiger partial charge in [-0.25, -0.2) is 0 Å². The first kappa shape index (κ1) is 15.2. The lowest BCUT2D eigenvalue weighted by atomic mass is 10.1. The molecule has 0 bridgehead atoms. The van der Waals surface area contributed by atoms with Crippen LogP contribution in [0.4, 0.5) is 0 Å². The molecule has 0 amide bonds. The van der Waals surface area contributed by atoms with Crippen LogP contribution in [0.5, 0.6) is 5.75 Å². The topological polar surface area (TPSA) is 81.5 Å². The number of nitrogens with zero attached hydrogens (tertiary/aromatic N) is 2. The minimum atomic E-state index is -0.176. The van der Waals surface area contributed by atoms with Gasteiger partial charge >= 0.3 is 0 Å². The van der Waals surface area contributed by atoms with Crippen molar-refractivity contribution in [3.63, 3.8) is 0 Å². The summed E-state index contributed by atoms with van der Waals surface area (Å²) in [6.45, 7) is 2.15. The van der Waals surface area contributed by atoms with Crippen LogP contribution in [-0.4, -0.2) is 32.9 Å². The summed E-state index contributed by atoms with van der Waals surface area (Å²) in [5.41, 5.74) is 3.98. The predicted molar refractivity (Wildman–Crippen MR) is 91.0 cm³/mol. The first-order valence-electron chi connectivity index (χ1n) is 7.54. The SMILES string of the molecule is Cc1ncc(CO)c(C=NCCc2c[nH]c3ccccc23)c1O. The fourth-order valence-corrected chi connectivity index (χ4v) is 2.60. The Balaban J connectivity index is 1.74. The van der Waals surface area contributed by atoms with Crippen LogP contribution in [0.2, 0.25) is 0 Å². The summed E-state index contributed by atoms with van der Waals surface area (Å²) >= 11 is 0. The van der Waals surface area contributed by atoms with Crippen LogP contribution >= 0.6 is 0 Å². The molecule has 0 aliphatic rings. The van der Waals surface area contributed by atoms with Gasteiger partial charge < -0.3 is 15.2 Å². The number of aliphatic hydroxyl groups excluding tert-OH is 1. The molecular weight excluding hydrogens is 290 g/mol. The number of rotatable bonds is 5. The molecule has 0 fully saturated rings. The molecule has 5 nitrogen and oxygen atoms in total. The van der Waals surface area contributed by atoms with E-state index in [9.17, 15) is 10.2 Å². The molecule has 0 spiro atoms. The molecule has 0 unspecified atom stereocenters. The van der Waals surface area contributed by atoms with Crippen LogP contribution in [0.25, 0.3) is 10.9 Å². The molecule has 1 aromatic carbocycles. The zero-order valence-electron chi connectivity index (χ0n) is 13.0. The lowest BCUT2D eigenvalue weighted by Gasteiger charge is -2.06. The van der Waals surface area contributed by atoms with Crippen LogP contribution in [0.15, 0.2) is 41.7 Å². The Labute approximate surface area is 134 Å². The number of benzene rings is 1.